The topological polar surface area (TPSA) is 65.8 Å². The van der Waals surface area contributed by atoms with Gasteiger partial charge in [0.05, 0.1) is 11.6 Å². The van der Waals surface area contributed by atoms with Crippen LogP contribution in [0.15, 0.2) is 18.3 Å². The van der Waals surface area contributed by atoms with Crippen LogP contribution in [-0.4, -0.2) is 16.9 Å². The van der Waals surface area contributed by atoms with Crippen molar-refractivity contribution in [1.82, 2.24) is 10.3 Å². The van der Waals surface area contributed by atoms with E-state index >= 15 is 0 Å². The van der Waals surface area contributed by atoms with E-state index in [0.717, 1.165) is 12.3 Å². The Kier molecular flexibility index (Phi) is 4.87. The third-order valence-corrected chi connectivity index (χ3v) is 2.36. The first-order chi connectivity index (χ1) is 8.90. The van der Waals surface area contributed by atoms with Gasteiger partial charge in [-0.05, 0) is 18.6 Å². The molecule has 7 heteroatoms. The minimum absolute atomic E-state index is 0.379. The van der Waals surface area contributed by atoms with Crippen molar-refractivity contribution in [3.63, 3.8) is 0 Å². The Bertz CT molecular complexity index is 494. The lowest BCUT2D eigenvalue weighted by atomic mass is 10.1. The van der Waals surface area contributed by atoms with Crippen LogP contribution in [0.5, 0.6) is 0 Å². The summed E-state index contributed by atoms with van der Waals surface area (Å²) in [4.78, 5) is 14.9. The van der Waals surface area contributed by atoms with Gasteiger partial charge in [-0.2, -0.15) is 18.4 Å². The Morgan fingerprint density at radius 2 is 2.26 bits per heavy atom. The first-order valence-electron chi connectivity index (χ1n) is 5.62. The van der Waals surface area contributed by atoms with E-state index in [4.69, 9.17) is 5.26 Å². The lowest BCUT2D eigenvalue weighted by Crippen LogP contribution is -2.35. The fourth-order valence-electron chi connectivity index (χ4n) is 1.51. The number of halogens is 3. The van der Waals surface area contributed by atoms with Crippen LogP contribution < -0.4 is 5.32 Å². The summed E-state index contributed by atoms with van der Waals surface area (Å²) in [5.74, 6) is -0.944. The van der Waals surface area contributed by atoms with E-state index in [1.54, 1.807) is 0 Å². The number of amides is 1. The molecule has 1 amide bonds. The van der Waals surface area contributed by atoms with Gasteiger partial charge in [-0.1, -0.05) is 13.3 Å². The van der Waals surface area contributed by atoms with E-state index in [9.17, 15) is 18.0 Å². The predicted molar refractivity (Wildman–Crippen MR) is 61.0 cm³/mol. The fourth-order valence-corrected chi connectivity index (χ4v) is 1.51. The molecule has 0 spiro atoms. The molecular formula is C12H12F3N3O. The maximum atomic E-state index is 12.7. The van der Waals surface area contributed by atoms with Crippen molar-refractivity contribution in [2.45, 2.75) is 32.0 Å². The molecule has 0 aliphatic rings. The average molecular weight is 271 g/mol. The van der Waals surface area contributed by atoms with Gasteiger partial charge in [0.25, 0.3) is 5.91 Å². The maximum Gasteiger partial charge on any atom is 0.434 e. The molecule has 4 nitrogen and oxygen atoms in total. The molecular weight excluding hydrogens is 259 g/mol. The Balaban J connectivity index is 2.98. The van der Waals surface area contributed by atoms with E-state index in [0.29, 0.717) is 12.8 Å². The van der Waals surface area contributed by atoms with Crippen LogP contribution in [0.25, 0.3) is 0 Å². The molecule has 1 rings (SSSR count). The van der Waals surface area contributed by atoms with Crippen LogP contribution in [-0.2, 0) is 6.18 Å². The summed E-state index contributed by atoms with van der Waals surface area (Å²) >= 11 is 0. The van der Waals surface area contributed by atoms with Crippen molar-refractivity contribution in [3.8, 4) is 6.07 Å². The number of aromatic nitrogens is 1. The second kappa shape index (κ2) is 6.18. The Morgan fingerprint density at radius 3 is 2.79 bits per heavy atom. The van der Waals surface area contributed by atoms with Crippen LogP contribution in [0.1, 0.15) is 35.8 Å². The zero-order valence-electron chi connectivity index (χ0n) is 10.2. The number of hydrogen-bond acceptors (Lipinski definition) is 3. The van der Waals surface area contributed by atoms with Crippen molar-refractivity contribution in [1.29, 1.82) is 5.26 Å². The van der Waals surface area contributed by atoms with Gasteiger partial charge in [0.2, 0.25) is 0 Å². The number of hydrogen-bond donors (Lipinski definition) is 1. The monoisotopic (exact) mass is 271 g/mol. The van der Waals surface area contributed by atoms with Crippen LogP contribution in [0.2, 0.25) is 0 Å². The first-order valence-corrected chi connectivity index (χ1v) is 5.62. The summed E-state index contributed by atoms with van der Waals surface area (Å²) < 4.78 is 38.0. The third kappa shape index (κ3) is 3.95. The molecule has 0 aliphatic carbocycles. The van der Waals surface area contributed by atoms with Gasteiger partial charge in [0.1, 0.15) is 6.04 Å². The van der Waals surface area contributed by atoms with Crippen molar-refractivity contribution < 1.29 is 18.0 Å². The van der Waals surface area contributed by atoms with Crippen LogP contribution in [0, 0.1) is 11.3 Å². The number of nitriles is 1. The maximum absolute atomic E-state index is 12.7. The van der Waals surface area contributed by atoms with Gasteiger partial charge >= 0.3 is 6.18 Å². The zero-order chi connectivity index (χ0) is 14.5. The summed E-state index contributed by atoms with van der Waals surface area (Å²) in [6, 6.07) is 3.30. The largest absolute Gasteiger partial charge is 0.434 e. The van der Waals surface area contributed by atoms with Gasteiger partial charge in [0, 0.05) is 6.20 Å². The van der Waals surface area contributed by atoms with Crippen molar-refractivity contribution >= 4 is 5.91 Å². The quantitative estimate of drug-likeness (QED) is 0.915. The van der Waals surface area contributed by atoms with Crippen molar-refractivity contribution in [2.75, 3.05) is 0 Å². The number of carbonyl (C=O) groups is 1. The summed E-state index contributed by atoms with van der Waals surface area (Å²) in [5.41, 5.74) is -1.83. The van der Waals surface area contributed by atoms with E-state index in [2.05, 4.69) is 10.3 Å². The van der Waals surface area contributed by atoms with Gasteiger partial charge in [-0.25, -0.2) is 0 Å². The number of rotatable bonds is 4. The van der Waals surface area contributed by atoms with Crippen LogP contribution in [0.3, 0.4) is 0 Å². The number of alkyl halides is 3. The second-order valence-electron chi connectivity index (χ2n) is 3.84. The summed E-state index contributed by atoms with van der Waals surface area (Å²) in [6.07, 6.45) is -2.73. The molecule has 1 aromatic rings. The lowest BCUT2D eigenvalue weighted by Gasteiger charge is -2.13. The molecule has 0 saturated heterocycles. The highest BCUT2D eigenvalue weighted by Gasteiger charge is 2.37. The Hall–Kier alpha value is -2.10. The van der Waals surface area contributed by atoms with Crippen molar-refractivity contribution in [3.05, 3.63) is 29.6 Å². The molecule has 102 valence electrons. The average Bonchev–Trinajstić information content (AvgIpc) is 2.37. The third-order valence-electron chi connectivity index (χ3n) is 2.36. The number of pyridine rings is 1. The highest BCUT2D eigenvalue weighted by molar-refractivity contribution is 5.95. The van der Waals surface area contributed by atoms with E-state index < -0.39 is 29.4 Å². The normalized spacial score (nSPS) is 12.6. The van der Waals surface area contributed by atoms with Gasteiger partial charge in [-0.3, -0.25) is 9.78 Å². The Morgan fingerprint density at radius 1 is 1.58 bits per heavy atom. The van der Waals surface area contributed by atoms with Crippen molar-refractivity contribution in [2.24, 2.45) is 0 Å². The van der Waals surface area contributed by atoms with Gasteiger partial charge in [0.15, 0.2) is 5.69 Å². The molecule has 1 unspecified atom stereocenters. The number of carbonyl (C=O) groups excluding carboxylic acids is 1. The molecule has 0 aromatic carbocycles. The fraction of sp³-hybridized carbons (Fsp3) is 0.417. The smallest absolute Gasteiger partial charge is 0.336 e. The number of nitrogens with zero attached hydrogens (tertiary/aromatic N) is 2. The van der Waals surface area contributed by atoms with Crippen LogP contribution >= 0.6 is 0 Å². The minimum Gasteiger partial charge on any atom is -0.336 e. The lowest BCUT2D eigenvalue weighted by molar-refractivity contribution is -0.141. The Labute approximate surface area is 108 Å². The second-order valence-corrected chi connectivity index (χ2v) is 3.84. The van der Waals surface area contributed by atoms with E-state index in [-0.39, 0.29) is 0 Å². The molecule has 0 bridgehead atoms. The molecule has 1 heterocycles. The van der Waals surface area contributed by atoms with E-state index in [1.807, 2.05) is 13.0 Å². The molecule has 0 saturated carbocycles. The summed E-state index contributed by atoms with van der Waals surface area (Å²) in [5, 5.41) is 11.0. The molecule has 1 N–H and O–H groups in total. The van der Waals surface area contributed by atoms with E-state index in [1.165, 1.54) is 6.07 Å². The SMILES string of the molecule is CCCC(C#N)NC(=O)c1cccnc1C(F)(F)F. The van der Waals surface area contributed by atoms with Gasteiger partial charge in [-0.15, -0.1) is 0 Å². The summed E-state index contributed by atoms with van der Waals surface area (Å²) in [7, 11) is 0. The first kappa shape index (κ1) is 15.0. The number of nitrogens with one attached hydrogen (secondary N) is 1. The molecule has 1 atom stereocenters. The predicted octanol–water partition coefficient (Wildman–Crippen LogP) is 2.52. The highest BCUT2D eigenvalue weighted by atomic mass is 19.4. The standard InChI is InChI=1S/C12H12F3N3O/c1-2-4-8(7-16)18-11(19)9-5-3-6-17-10(9)12(13,14)15/h3,5-6,8H,2,4H2,1H3,(H,18,19). The summed E-state index contributed by atoms with van der Waals surface area (Å²) in [6.45, 7) is 1.81. The zero-order valence-corrected chi connectivity index (χ0v) is 10.2. The molecule has 0 fully saturated rings. The molecule has 0 radical (unpaired) electrons. The highest BCUT2D eigenvalue weighted by Crippen LogP contribution is 2.29. The molecule has 0 aliphatic heterocycles. The molecule has 19 heavy (non-hydrogen) atoms. The molecule has 1 aromatic heterocycles. The van der Waals surface area contributed by atoms with Crippen LogP contribution in [0.4, 0.5) is 13.2 Å². The minimum atomic E-state index is -4.71. The van der Waals surface area contributed by atoms with Gasteiger partial charge < -0.3 is 5.32 Å².